The molecule has 0 aliphatic rings. The molecule has 12 heavy (non-hydrogen) atoms. The predicted molar refractivity (Wildman–Crippen MR) is 45.2 cm³/mol. The van der Waals surface area contributed by atoms with Crippen LogP contribution in [0.2, 0.25) is 0 Å². The summed E-state index contributed by atoms with van der Waals surface area (Å²) in [5.74, 6) is 0.637. The quantitative estimate of drug-likeness (QED) is 0.664. The first-order valence-electron chi connectivity index (χ1n) is 3.33. The number of carbonyl (C=O) groups is 1. The van der Waals surface area contributed by atoms with E-state index in [4.69, 9.17) is 4.42 Å². The lowest BCUT2D eigenvalue weighted by molar-refractivity contribution is 0.112. The second-order valence-corrected chi connectivity index (χ2v) is 3.13. The summed E-state index contributed by atoms with van der Waals surface area (Å²) in [4.78, 5) is 15.0. The summed E-state index contributed by atoms with van der Waals surface area (Å²) >= 11 is 1.39. The third kappa shape index (κ3) is 1.06. The Morgan fingerprint density at radius 3 is 3.17 bits per heavy atom. The van der Waals surface area contributed by atoms with Gasteiger partial charge in [0, 0.05) is 5.56 Å². The molecule has 0 radical (unpaired) electrons. The number of thiophene rings is 1. The molecule has 0 aliphatic heterocycles. The van der Waals surface area contributed by atoms with E-state index in [1.165, 1.54) is 17.7 Å². The summed E-state index contributed by atoms with van der Waals surface area (Å²) in [6.45, 7) is 0. The topological polar surface area (TPSA) is 43.1 Å². The number of nitrogens with zero attached hydrogens (tertiary/aromatic N) is 1. The Bertz CT molecular complexity index is 377. The number of carbonyl (C=O) groups excluding carboxylic acids is 1. The largest absolute Gasteiger partial charge is 0.443 e. The lowest BCUT2D eigenvalue weighted by atomic mass is 10.2. The molecule has 4 heteroatoms. The van der Waals surface area contributed by atoms with Crippen LogP contribution in [0.4, 0.5) is 0 Å². The number of hydrogen-bond donors (Lipinski definition) is 0. The van der Waals surface area contributed by atoms with Crippen molar-refractivity contribution in [2.75, 3.05) is 0 Å². The van der Waals surface area contributed by atoms with Gasteiger partial charge in [0.2, 0.25) is 0 Å². The Morgan fingerprint density at radius 1 is 1.58 bits per heavy atom. The summed E-state index contributed by atoms with van der Waals surface area (Å²) in [5.41, 5.74) is 0.813. The van der Waals surface area contributed by atoms with Crippen LogP contribution < -0.4 is 0 Å². The van der Waals surface area contributed by atoms with Crippen molar-refractivity contribution in [3.05, 3.63) is 28.9 Å². The molecule has 2 aromatic heterocycles. The number of rotatable bonds is 2. The lowest BCUT2D eigenvalue weighted by Gasteiger charge is -1.89. The Labute approximate surface area is 72.7 Å². The molecule has 0 aliphatic carbocycles. The fourth-order valence-electron chi connectivity index (χ4n) is 0.965. The van der Waals surface area contributed by atoms with Crippen LogP contribution in [-0.4, -0.2) is 11.3 Å². The van der Waals surface area contributed by atoms with E-state index in [-0.39, 0.29) is 0 Å². The summed E-state index contributed by atoms with van der Waals surface area (Å²) in [7, 11) is 0. The molecule has 0 atom stereocenters. The van der Waals surface area contributed by atoms with Gasteiger partial charge in [-0.3, -0.25) is 4.79 Å². The smallest absolute Gasteiger partial charge is 0.181 e. The molecule has 0 spiro atoms. The standard InChI is InChI=1S/C8H5NO2S/c10-4-8-6(1-2-12-8)7-3-9-5-11-7/h1-5H. The fraction of sp³-hybridized carbons (Fsp3) is 0. The Balaban J connectivity index is 2.53. The van der Waals surface area contributed by atoms with Crippen LogP contribution >= 0.6 is 11.3 Å². The molecule has 0 fully saturated rings. The average molecular weight is 179 g/mol. The maximum atomic E-state index is 10.5. The number of aromatic nitrogens is 1. The Kier molecular flexibility index (Phi) is 1.75. The van der Waals surface area contributed by atoms with Gasteiger partial charge in [-0.2, -0.15) is 0 Å². The molecular weight excluding hydrogens is 174 g/mol. The molecule has 0 saturated carbocycles. The highest BCUT2D eigenvalue weighted by atomic mass is 32.1. The molecule has 3 nitrogen and oxygen atoms in total. The van der Waals surface area contributed by atoms with Crippen LogP contribution in [0.3, 0.4) is 0 Å². The highest BCUT2D eigenvalue weighted by molar-refractivity contribution is 7.12. The van der Waals surface area contributed by atoms with E-state index in [1.54, 1.807) is 6.20 Å². The van der Waals surface area contributed by atoms with Crippen molar-refractivity contribution in [2.45, 2.75) is 0 Å². The van der Waals surface area contributed by atoms with Crippen LogP contribution in [0.25, 0.3) is 11.3 Å². The van der Waals surface area contributed by atoms with Crippen LogP contribution in [0.15, 0.2) is 28.5 Å². The zero-order valence-corrected chi connectivity index (χ0v) is 6.88. The highest BCUT2D eigenvalue weighted by Gasteiger charge is 2.07. The second-order valence-electron chi connectivity index (χ2n) is 2.18. The first kappa shape index (κ1) is 7.24. The molecule has 2 aromatic rings. The van der Waals surface area contributed by atoms with E-state index in [2.05, 4.69) is 4.98 Å². The van der Waals surface area contributed by atoms with Gasteiger partial charge < -0.3 is 4.42 Å². The van der Waals surface area contributed by atoms with Gasteiger partial charge in [-0.1, -0.05) is 0 Å². The summed E-state index contributed by atoms with van der Waals surface area (Å²) in [6, 6.07) is 1.84. The van der Waals surface area contributed by atoms with Crippen LogP contribution in [0.5, 0.6) is 0 Å². The maximum Gasteiger partial charge on any atom is 0.181 e. The third-order valence-corrected chi connectivity index (χ3v) is 2.34. The SMILES string of the molecule is O=Cc1sccc1-c1cnco1. The van der Waals surface area contributed by atoms with Crippen molar-refractivity contribution in [1.82, 2.24) is 4.98 Å². The molecule has 0 saturated heterocycles. The van der Waals surface area contributed by atoms with Crippen molar-refractivity contribution >= 4 is 17.6 Å². The highest BCUT2D eigenvalue weighted by Crippen LogP contribution is 2.26. The van der Waals surface area contributed by atoms with E-state index in [1.807, 2.05) is 11.4 Å². The van der Waals surface area contributed by atoms with Crippen molar-refractivity contribution in [2.24, 2.45) is 0 Å². The first-order chi connectivity index (χ1) is 5.92. The normalized spacial score (nSPS) is 10.0. The number of aldehydes is 1. The molecule has 2 heterocycles. The zero-order chi connectivity index (χ0) is 8.39. The van der Waals surface area contributed by atoms with Gasteiger partial charge in [-0.05, 0) is 11.4 Å². The summed E-state index contributed by atoms with van der Waals surface area (Å²) < 4.78 is 5.06. The fourth-order valence-corrected chi connectivity index (χ4v) is 1.67. The van der Waals surface area contributed by atoms with Gasteiger partial charge >= 0.3 is 0 Å². The van der Waals surface area contributed by atoms with Gasteiger partial charge in [0.1, 0.15) is 0 Å². The third-order valence-electron chi connectivity index (χ3n) is 1.50. The molecular formula is C8H5NO2S. The maximum absolute atomic E-state index is 10.5. The second kappa shape index (κ2) is 2.91. The van der Waals surface area contributed by atoms with E-state index in [0.29, 0.717) is 10.6 Å². The lowest BCUT2D eigenvalue weighted by Crippen LogP contribution is -1.75. The van der Waals surface area contributed by atoms with Gasteiger partial charge in [0.25, 0.3) is 0 Å². The average Bonchev–Trinajstić information content (AvgIpc) is 2.74. The van der Waals surface area contributed by atoms with Crippen molar-refractivity contribution in [3.63, 3.8) is 0 Å². The predicted octanol–water partition coefficient (Wildman–Crippen LogP) is 2.22. The van der Waals surface area contributed by atoms with Gasteiger partial charge in [-0.15, -0.1) is 11.3 Å². The van der Waals surface area contributed by atoms with E-state index < -0.39 is 0 Å². The van der Waals surface area contributed by atoms with Crippen molar-refractivity contribution < 1.29 is 9.21 Å². The van der Waals surface area contributed by atoms with Gasteiger partial charge in [0.15, 0.2) is 18.4 Å². The molecule has 0 N–H and O–H groups in total. The van der Waals surface area contributed by atoms with E-state index >= 15 is 0 Å². The molecule has 60 valence electrons. The zero-order valence-electron chi connectivity index (χ0n) is 6.06. The molecule has 0 aromatic carbocycles. The first-order valence-corrected chi connectivity index (χ1v) is 4.21. The minimum absolute atomic E-state index is 0.637. The number of oxazole rings is 1. The summed E-state index contributed by atoms with van der Waals surface area (Å²) in [5, 5.41) is 1.85. The van der Waals surface area contributed by atoms with Crippen LogP contribution in [-0.2, 0) is 0 Å². The van der Waals surface area contributed by atoms with Crippen molar-refractivity contribution in [1.29, 1.82) is 0 Å². The Morgan fingerprint density at radius 2 is 2.50 bits per heavy atom. The molecule has 2 rings (SSSR count). The van der Waals surface area contributed by atoms with E-state index in [0.717, 1.165) is 11.8 Å². The monoisotopic (exact) mass is 179 g/mol. The molecule has 0 unspecified atom stereocenters. The van der Waals surface area contributed by atoms with Gasteiger partial charge in [-0.25, -0.2) is 4.98 Å². The summed E-state index contributed by atoms with van der Waals surface area (Å²) in [6.07, 6.45) is 3.76. The van der Waals surface area contributed by atoms with Gasteiger partial charge in [0.05, 0.1) is 11.1 Å². The number of hydrogen-bond acceptors (Lipinski definition) is 4. The molecule has 0 amide bonds. The van der Waals surface area contributed by atoms with Crippen LogP contribution in [0.1, 0.15) is 9.67 Å². The minimum Gasteiger partial charge on any atom is -0.443 e. The Hall–Kier alpha value is -1.42. The van der Waals surface area contributed by atoms with Crippen LogP contribution in [0, 0.1) is 0 Å². The molecule has 0 bridgehead atoms. The van der Waals surface area contributed by atoms with E-state index in [9.17, 15) is 4.79 Å². The van der Waals surface area contributed by atoms with Crippen molar-refractivity contribution in [3.8, 4) is 11.3 Å². The minimum atomic E-state index is 0.637.